The molecule has 0 aliphatic carbocycles. The number of benzene rings is 2. The molecule has 0 atom stereocenters. The predicted molar refractivity (Wildman–Crippen MR) is 76.7 cm³/mol. The summed E-state index contributed by atoms with van der Waals surface area (Å²) < 4.78 is 15.9. The van der Waals surface area contributed by atoms with Gasteiger partial charge in [-0.15, -0.1) is 0 Å². The number of phenolic OH excluding ortho intramolecular Hbond substituents is 2. The van der Waals surface area contributed by atoms with Crippen molar-refractivity contribution in [2.75, 3.05) is 7.11 Å². The highest BCUT2D eigenvalue weighted by Crippen LogP contribution is 2.42. The van der Waals surface area contributed by atoms with E-state index in [2.05, 4.69) is 0 Å². The van der Waals surface area contributed by atoms with Crippen LogP contribution in [0.2, 0.25) is 0 Å². The fraction of sp³-hybridized carbons (Fsp3) is 0.188. The Balaban J connectivity index is 2.19. The van der Waals surface area contributed by atoms with Gasteiger partial charge in [0, 0.05) is 11.6 Å². The van der Waals surface area contributed by atoms with Crippen molar-refractivity contribution in [2.24, 2.45) is 0 Å². The molecule has 0 saturated carbocycles. The summed E-state index contributed by atoms with van der Waals surface area (Å²) in [5.74, 6) is -0.344. The van der Waals surface area contributed by atoms with Crippen LogP contribution in [0.15, 0.2) is 24.3 Å². The van der Waals surface area contributed by atoms with Gasteiger partial charge in [-0.05, 0) is 30.7 Å². The summed E-state index contributed by atoms with van der Waals surface area (Å²) in [7, 11) is 1.47. The second-order valence-corrected chi connectivity index (χ2v) is 4.97. The number of hydrogen-bond donors (Lipinski definition) is 2. The van der Waals surface area contributed by atoms with Gasteiger partial charge < -0.3 is 24.4 Å². The number of methoxy groups -OCH3 is 1. The van der Waals surface area contributed by atoms with E-state index in [1.54, 1.807) is 19.1 Å². The average Bonchev–Trinajstić information content (AvgIpc) is 2.45. The quantitative estimate of drug-likeness (QED) is 0.788. The molecule has 0 bridgehead atoms. The second-order valence-electron chi connectivity index (χ2n) is 4.97. The molecule has 0 radical (unpaired) electrons. The van der Waals surface area contributed by atoms with Crippen molar-refractivity contribution < 1.29 is 29.2 Å². The van der Waals surface area contributed by atoms with Gasteiger partial charge >= 0.3 is 5.97 Å². The monoisotopic (exact) mass is 302 g/mol. The lowest BCUT2D eigenvalue weighted by Gasteiger charge is -2.20. The minimum absolute atomic E-state index is 0.0635. The predicted octanol–water partition coefficient (Wildman–Crippen LogP) is 2.88. The Morgan fingerprint density at radius 3 is 2.64 bits per heavy atom. The Labute approximate surface area is 126 Å². The fourth-order valence-corrected chi connectivity index (χ4v) is 2.33. The van der Waals surface area contributed by atoms with Crippen LogP contribution >= 0.6 is 0 Å². The Kier molecular flexibility index (Phi) is 3.29. The van der Waals surface area contributed by atoms with Crippen molar-refractivity contribution >= 4 is 5.97 Å². The van der Waals surface area contributed by atoms with Crippen LogP contribution in [0, 0.1) is 6.92 Å². The minimum Gasteiger partial charge on any atom is -0.507 e. The van der Waals surface area contributed by atoms with Gasteiger partial charge in [-0.2, -0.15) is 0 Å². The summed E-state index contributed by atoms with van der Waals surface area (Å²) >= 11 is 0. The lowest BCUT2D eigenvalue weighted by Crippen LogP contribution is -2.11. The van der Waals surface area contributed by atoms with Crippen LogP contribution in [0.25, 0.3) is 0 Å². The van der Waals surface area contributed by atoms with Crippen molar-refractivity contribution in [3.63, 3.8) is 0 Å². The number of cyclic esters (lactones) is 1. The molecule has 22 heavy (non-hydrogen) atoms. The Morgan fingerprint density at radius 2 is 1.91 bits per heavy atom. The molecule has 6 heteroatoms. The molecule has 2 aromatic carbocycles. The summed E-state index contributed by atoms with van der Waals surface area (Å²) in [5, 5.41) is 20.1. The normalized spacial score (nSPS) is 13.1. The van der Waals surface area contributed by atoms with E-state index >= 15 is 0 Å². The van der Waals surface area contributed by atoms with Crippen molar-refractivity contribution in [1.82, 2.24) is 0 Å². The number of carbonyl (C=O) groups excluding carboxylic acids is 1. The molecule has 1 aliphatic heterocycles. The third kappa shape index (κ3) is 2.28. The number of fused-ring (bicyclic) bond motifs is 2. The average molecular weight is 302 g/mol. The van der Waals surface area contributed by atoms with E-state index in [4.69, 9.17) is 14.2 Å². The zero-order valence-corrected chi connectivity index (χ0v) is 12.0. The van der Waals surface area contributed by atoms with Crippen molar-refractivity contribution in [3.05, 3.63) is 41.0 Å². The first-order chi connectivity index (χ1) is 10.5. The van der Waals surface area contributed by atoms with Crippen LogP contribution in [0.5, 0.6) is 28.7 Å². The molecular formula is C16H14O6. The van der Waals surface area contributed by atoms with Crippen LogP contribution < -0.4 is 9.47 Å². The summed E-state index contributed by atoms with van der Waals surface area (Å²) in [6, 6.07) is 6.05. The first-order valence-corrected chi connectivity index (χ1v) is 6.58. The van der Waals surface area contributed by atoms with E-state index in [-0.39, 0.29) is 35.2 Å². The first-order valence-electron chi connectivity index (χ1n) is 6.58. The molecule has 0 saturated heterocycles. The molecule has 0 spiro atoms. The van der Waals surface area contributed by atoms with E-state index in [0.717, 1.165) is 0 Å². The molecule has 1 aliphatic rings. The number of ether oxygens (including phenoxy) is 3. The fourth-order valence-electron chi connectivity index (χ4n) is 2.33. The maximum Gasteiger partial charge on any atom is 0.346 e. The smallest absolute Gasteiger partial charge is 0.346 e. The molecule has 0 amide bonds. The van der Waals surface area contributed by atoms with E-state index in [9.17, 15) is 15.0 Å². The lowest BCUT2D eigenvalue weighted by atomic mass is 10.1. The first kappa shape index (κ1) is 14.1. The maximum atomic E-state index is 12.1. The van der Waals surface area contributed by atoms with Crippen molar-refractivity contribution in [2.45, 2.75) is 13.5 Å². The number of rotatable bonds is 1. The van der Waals surface area contributed by atoms with E-state index in [1.807, 2.05) is 0 Å². The minimum atomic E-state index is -0.694. The largest absolute Gasteiger partial charge is 0.507 e. The Morgan fingerprint density at radius 1 is 1.14 bits per heavy atom. The molecule has 114 valence electrons. The molecule has 0 aromatic heterocycles. The molecule has 0 fully saturated rings. The highest BCUT2D eigenvalue weighted by Gasteiger charge is 2.26. The number of hydrogen-bond acceptors (Lipinski definition) is 6. The van der Waals surface area contributed by atoms with Gasteiger partial charge in [0.1, 0.15) is 29.4 Å². The van der Waals surface area contributed by atoms with Gasteiger partial charge in [0.15, 0.2) is 11.5 Å². The number of aromatic hydroxyl groups is 2. The van der Waals surface area contributed by atoms with Gasteiger partial charge in [-0.3, -0.25) is 0 Å². The van der Waals surface area contributed by atoms with Gasteiger partial charge in [-0.25, -0.2) is 4.79 Å². The van der Waals surface area contributed by atoms with Crippen LogP contribution in [0.3, 0.4) is 0 Å². The summed E-state index contributed by atoms with van der Waals surface area (Å²) in [4.78, 5) is 12.1. The van der Waals surface area contributed by atoms with Gasteiger partial charge in [0.2, 0.25) is 0 Å². The Hall–Kier alpha value is -2.89. The highest BCUT2D eigenvalue weighted by atomic mass is 16.5. The standard InChI is InChI=1S/C16H14O6/c1-8-3-11(17)14-13(4-8)22-15-9(7-21-16(14)19)5-10(20-2)6-12(15)18/h3-6,17-18H,7H2,1-2H3. The molecule has 2 aromatic rings. The summed E-state index contributed by atoms with van der Waals surface area (Å²) in [6.45, 7) is 1.65. The van der Waals surface area contributed by atoms with E-state index < -0.39 is 5.97 Å². The third-order valence-electron chi connectivity index (χ3n) is 3.36. The summed E-state index contributed by atoms with van der Waals surface area (Å²) in [5.41, 5.74) is 1.11. The maximum absolute atomic E-state index is 12.1. The number of aryl methyl sites for hydroxylation is 1. The highest BCUT2D eigenvalue weighted by molar-refractivity contribution is 5.96. The lowest BCUT2D eigenvalue weighted by molar-refractivity contribution is 0.0455. The Bertz CT molecular complexity index is 766. The SMILES string of the molecule is COc1cc(O)c2c(c1)COC(=O)c1c(O)cc(C)cc1O2. The van der Waals surface area contributed by atoms with Crippen LogP contribution in [-0.2, 0) is 11.3 Å². The molecule has 6 nitrogen and oxygen atoms in total. The van der Waals surface area contributed by atoms with Crippen molar-refractivity contribution in [1.29, 1.82) is 0 Å². The topological polar surface area (TPSA) is 85.2 Å². The number of esters is 1. The van der Waals surface area contributed by atoms with Gasteiger partial charge in [0.25, 0.3) is 0 Å². The summed E-state index contributed by atoms with van der Waals surface area (Å²) in [6.07, 6.45) is 0. The molecule has 1 heterocycles. The van der Waals surface area contributed by atoms with E-state index in [0.29, 0.717) is 16.9 Å². The second kappa shape index (κ2) is 5.14. The molecular weight excluding hydrogens is 288 g/mol. The molecule has 0 unspecified atom stereocenters. The third-order valence-corrected chi connectivity index (χ3v) is 3.36. The zero-order chi connectivity index (χ0) is 15.9. The van der Waals surface area contributed by atoms with Gasteiger partial charge in [-0.1, -0.05) is 0 Å². The van der Waals surface area contributed by atoms with Gasteiger partial charge in [0.05, 0.1) is 7.11 Å². The molecule has 3 rings (SSSR count). The van der Waals surface area contributed by atoms with E-state index in [1.165, 1.54) is 19.2 Å². The van der Waals surface area contributed by atoms with Crippen molar-refractivity contribution in [3.8, 4) is 28.7 Å². The van der Waals surface area contributed by atoms with Crippen LogP contribution in [0.4, 0.5) is 0 Å². The molecule has 2 N–H and O–H groups in total. The number of carbonyl (C=O) groups is 1. The van der Waals surface area contributed by atoms with Crippen LogP contribution in [-0.4, -0.2) is 23.3 Å². The zero-order valence-electron chi connectivity index (χ0n) is 12.0. The van der Waals surface area contributed by atoms with Crippen LogP contribution in [0.1, 0.15) is 21.5 Å². The number of phenols is 2.